The summed E-state index contributed by atoms with van der Waals surface area (Å²) in [5, 5.41) is 0. The van der Waals surface area contributed by atoms with Crippen molar-refractivity contribution in [1.29, 1.82) is 0 Å². The van der Waals surface area contributed by atoms with Gasteiger partial charge in [-0.25, -0.2) is 0 Å². The number of thiocarbonyl (C=S) groups is 1. The predicted molar refractivity (Wildman–Crippen MR) is 70.7 cm³/mol. The van der Waals surface area contributed by atoms with E-state index in [2.05, 4.69) is 22.9 Å². The third kappa shape index (κ3) is 2.32. The minimum atomic E-state index is 0.361. The molecule has 1 aromatic heterocycles. The second-order valence-electron chi connectivity index (χ2n) is 4.27. The molecule has 16 heavy (non-hydrogen) atoms. The van der Waals surface area contributed by atoms with E-state index < -0.39 is 0 Å². The van der Waals surface area contributed by atoms with Gasteiger partial charge in [0.1, 0.15) is 4.99 Å². The van der Waals surface area contributed by atoms with Gasteiger partial charge in [0.25, 0.3) is 0 Å². The van der Waals surface area contributed by atoms with Gasteiger partial charge in [-0.2, -0.15) is 0 Å². The van der Waals surface area contributed by atoms with Crippen LogP contribution >= 0.6 is 12.2 Å². The van der Waals surface area contributed by atoms with Gasteiger partial charge in [0.15, 0.2) is 0 Å². The van der Waals surface area contributed by atoms with Gasteiger partial charge in [0.05, 0.1) is 17.6 Å². The normalized spacial score (nSPS) is 20.1. The summed E-state index contributed by atoms with van der Waals surface area (Å²) in [4.78, 5) is 7.01. The molecule has 0 aliphatic carbocycles. The molecule has 86 valence electrons. The molecule has 0 saturated carbocycles. The van der Waals surface area contributed by atoms with Gasteiger partial charge < -0.3 is 10.6 Å². The van der Waals surface area contributed by atoms with Crippen LogP contribution < -0.4 is 10.6 Å². The number of nitrogens with two attached hydrogens (primary N) is 1. The SMILES string of the molecule is CCC1CCN(c2ccc(C(N)=S)nc2)C1. The summed E-state index contributed by atoms with van der Waals surface area (Å²) in [7, 11) is 0. The molecular formula is C12H17N3S. The molecule has 1 aliphatic heterocycles. The van der Waals surface area contributed by atoms with E-state index in [1.807, 2.05) is 12.3 Å². The topological polar surface area (TPSA) is 42.1 Å². The van der Waals surface area contributed by atoms with E-state index in [9.17, 15) is 0 Å². The van der Waals surface area contributed by atoms with E-state index >= 15 is 0 Å². The molecule has 3 nitrogen and oxygen atoms in total. The fourth-order valence-corrected chi connectivity index (χ4v) is 2.24. The first-order chi connectivity index (χ1) is 7.70. The minimum Gasteiger partial charge on any atom is -0.388 e. The van der Waals surface area contributed by atoms with Crippen LogP contribution in [0, 0.1) is 5.92 Å². The van der Waals surface area contributed by atoms with Crippen molar-refractivity contribution >= 4 is 22.9 Å². The summed E-state index contributed by atoms with van der Waals surface area (Å²) in [6, 6.07) is 3.95. The Morgan fingerprint density at radius 2 is 2.44 bits per heavy atom. The number of rotatable bonds is 3. The zero-order chi connectivity index (χ0) is 11.5. The van der Waals surface area contributed by atoms with E-state index in [0.29, 0.717) is 10.7 Å². The first-order valence-electron chi connectivity index (χ1n) is 5.71. The summed E-state index contributed by atoms with van der Waals surface area (Å²) in [5.41, 5.74) is 7.39. The smallest absolute Gasteiger partial charge is 0.122 e. The lowest BCUT2D eigenvalue weighted by molar-refractivity contribution is 0.569. The molecule has 2 rings (SSSR count). The van der Waals surface area contributed by atoms with Crippen LogP contribution in [0.15, 0.2) is 18.3 Å². The van der Waals surface area contributed by atoms with E-state index in [1.165, 1.54) is 18.5 Å². The monoisotopic (exact) mass is 235 g/mol. The van der Waals surface area contributed by atoms with Crippen LogP contribution in [-0.2, 0) is 0 Å². The number of hydrogen-bond acceptors (Lipinski definition) is 3. The van der Waals surface area contributed by atoms with Crippen LogP contribution in [0.2, 0.25) is 0 Å². The number of hydrogen-bond donors (Lipinski definition) is 1. The molecule has 1 saturated heterocycles. The van der Waals surface area contributed by atoms with Crippen molar-refractivity contribution in [2.75, 3.05) is 18.0 Å². The lowest BCUT2D eigenvalue weighted by atomic mass is 10.1. The number of nitrogens with zero attached hydrogens (tertiary/aromatic N) is 2. The Labute approximate surface area is 102 Å². The van der Waals surface area contributed by atoms with Crippen molar-refractivity contribution in [2.45, 2.75) is 19.8 Å². The van der Waals surface area contributed by atoms with Crippen molar-refractivity contribution in [3.8, 4) is 0 Å². The molecule has 1 aromatic rings. The van der Waals surface area contributed by atoms with Crippen LogP contribution in [0.5, 0.6) is 0 Å². The second kappa shape index (κ2) is 4.78. The summed E-state index contributed by atoms with van der Waals surface area (Å²) in [6.07, 6.45) is 4.41. The summed E-state index contributed by atoms with van der Waals surface area (Å²) in [6.45, 7) is 4.53. The predicted octanol–water partition coefficient (Wildman–Crippen LogP) is 1.95. The van der Waals surface area contributed by atoms with E-state index in [1.54, 1.807) is 0 Å². The molecule has 0 amide bonds. The highest BCUT2D eigenvalue weighted by molar-refractivity contribution is 7.80. The molecule has 1 atom stereocenters. The Morgan fingerprint density at radius 3 is 2.94 bits per heavy atom. The molecule has 1 aliphatic rings. The summed E-state index contributed by atoms with van der Waals surface area (Å²) >= 11 is 4.88. The number of pyridine rings is 1. The lowest BCUT2D eigenvalue weighted by Crippen LogP contribution is -2.20. The Bertz CT molecular complexity index is 374. The van der Waals surface area contributed by atoms with E-state index in [4.69, 9.17) is 18.0 Å². The maximum absolute atomic E-state index is 5.52. The lowest BCUT2D eigenvalue weighted by Gasteiger charge is -2.18. The molecular weight excluding hydrogens is 218 g/mol. The average Bonchev–Trinajstić information content (AvgIpc) is 2.77. The number of aromatic nitrogens is 1. The average molecular weight is 235 g/mol. The minimum absolute atomic E-state index is 0.361. The van der Waals surface area contributed by atoms with Gasteiger partial charge in [-0.15, -0.1) is 0 Å². The van der Waals surface area contributed by atoms with Crippen LogP contribution in [0.25, 0.3) is 0 Å². The molecule has 4 heteroatoms. The highest BCUT2D eigenvalue weighted by Gasteiger charge is 2.21. The van der Waals surface area contributed by atoms with Gasteiger partial charge in [0, 0.05) is 13.1 Å². The van der Waals surface area contributed by atoms with Gasteiger partial charge in [-0.1, -0.05) is 25.6 Å². The standard InChI is InChI=1S/C12H17N3S/c1-2-9-5-6-15(8-9)10-3-4-11(12(13)16)14-7-10/h3-4,7,9H,2,5-6,8H2,1H3,(H2,13,16). The first-order valence-corrected chi connectivity index (χ1v) is 6.12. The van der Waals surface area contributed by atoms with Gasteiger partial charge in [-0.05, 0) is 24.5 Å². The summed E-state index contributed by atoms with van der Waals surface area (Å²) in [5.74, 6) is 0.829. The fraction of sp³-hybridized carbons (Fsp3) is 0.500. The Balaban J connectivity index is 2.08. The third-order valence-electron chi connectivity index (χ3n) is 3.23. The van der Waals surface area contributed by atoms with Crippen LogP contribution in [0.4, 0.5) is 5.69 Å². The van der Waals surface area contributed by atoms with Crippen LogP contribution in [0.1, 0.15) is 25.5 Å². The van der Waals surface area contributed by atoms with E-state index in [-0.39, 0.29) is 0 Å². The molecule has 0 aromatic carbocycles. The van der Waals surface area contributed by atoms with Crippen LogP contribution in [-0.4, -0.2) is 23.1 Å². The fourth-order valence-electron chi connectivity index (χ4n) is 2.12. The van der Waals surface area contributed by atoms with Crippen molar-refractivity contribution in [3.05, 3.63) is 24.0 Å². The van der Waals surface area contributed by atoms with Crippen molar-refractivity contribution in [2.24, 2.45) is 11.7 Å². The second-order valence-corrected chi connectivity index (χ2v) is 4.71. The Hall–Kier alpha value is -1.16. The molecule has 2 N–H and O–H groups in total. The van der Waals surface area contributed by atoms with Crippen molar-refractivity contribution < 1.29 is 0 Å². The van der Waals surface area contributed by atoms with Gasteiger partial charge in [-0.3, -0.25) is 4.98 Å². The zero-order valence-corrected chi connectivity index (χ0v) is 10.3. The maximum atomic E-state index is 5.52. The Kier molecular flexibility index (Phi) is 3.39. The van der Waals surface area contributed by atoms with Crippen molar-refractivity contribution in [3.63, 3.8) is 0 Å². The highest BCUT2D eigenvalue weighted by Crippen LogP contribution is 2.24. The highest BCUT2D eigenvalue weighted by atomic mass is 32.1. The molecule has 0 bridgehead atoms. The quantitative estimate of drug-likeness (QED) is 0.813. The molecule has 2 heterocycles. The molecule has 1 fully saturated rings. The largest absolute Gasteiger partial charge is 0.388 e. The third-order valence-corrected chi connectivity index (χ3v) is 3.44. The molecule has 1 unspecified atom stereocenters. The van der Waals surface area contributed by atoms with Crippen LogP contribution in [0.3, 0.4) is 0 Å². The number of anilines is 1. The van der Waals surface area contributed by atoms with E-state index in [0.717, 1.165) is 19.0 Å². The molecule has 0 radical (unpaired) electrons. The first kappa shape index (κ1) is 11.3. The van der Waals surface area contributed by atoms with Crippen molar-refractivity contribution in [1.82, 2.24) is 4.98 Å². The van der Waals surface area contributed by atoms with Gasteiger partial charge in [0.2, 0.25) is 0 Å². The molecule has 0 spiro atoms. The Morgan fingerprint density at radius 1 is 1.62 bits per heavy atom. The maximum Gasteiger partial charge on any atom is 0.122 e. The van der Waals surface area contributed by atoms with Gasteiger partial charge >= 0.3 is 0 Å². The summed E-state index contributed by atoms with van der Waals surface area (Å²) < 4.78 is 0. The zero-order valence-electron chi connectivity index (χ0n) is 9.52.